The number of nitrogens with zero attached hydrogens (tertiary/aromatic N) is 5. The van der Waals surface area contributed by atoms with E-state index in [1.54, 1.807) is 6.92 Å². The van der Waals surface area contributed by atoms with Gasteiger partial charge in [0, 0.05) is 43.6 Å². The minimum absolute atomic E-state index is 0.0175. The van der Waals surface area contributed by atoms with Gasteiger partial charge >= 0.3 is 23.5 Å². The number of hydrogen-bond donors (Lipinski definition) is 11. The summed E-state index contributed by atoms with van der Waals surface area (Å²) in [6.45, 7) is 1.87. The number of phosphoric ester groups is 3. The number of thioether (sulfide) groups is 1. The van der Waals surface area contributed by atoms with Gasteiger partial charge in [0.05, 0.1) is 31.4 Å². The molecule has 0 bridgehead atoms. The normalized spacial score (nSPS) is 22.2. The molecule has 1 fully saturated rings. The molecule has 61 heavy (non-hydrogen) atoms. The number of ether oxygens (including phenoxy) is 1. The number of anilines is 1. The third-order valence-corrected chi connectivity index (χ3v) is 12.5. The molecule has 0 saturated carbocycles. The fourth-order valence-corrected chi connectivity index (χ4v) is 8.80. The number of imidazole rings is 1. The van der Waals surface area contributed by atoms with E-state index in [9.17, 15) is 62.3 Å². The van der Waals surface area contributed by atoms with E-state index in [0.29, 0.717) is 5.84 Å². The number of aliphatic hydroxyl groups excluding tert-OH is 2. The first-order valence-corrected chi connectivity index (χ1v) is 23.4. The minimum atomic E-state index is -5.60. The zero-order valence-corrected chi connectivity index (χ0v) is 36.3. The van der Waals surface area contributed by atoms with Crippen LogP contribution in [0, 0.1) is 5.41 Å². The summed E-state index contributed by atoms with van der Waals surface area (Å²) < 4.78 is 76.2. The first-order chi connectivity index (χ1) is 28.2. The molecule has 1 aliphatic heterocycles. The van der Waals surface area contributed by atoms with Gasteiger partial charge in [0.2, 0.25) is 16.9 Å². The Kier molecular flexibility index (Phi) is 19.3. The number of nitrogens with one attached hydrogen (secondary N) is 2. The second kappa shape index (κ2) is 22.5. The second-order valence-electron chi connectivity index (χ2n) is 14.0. The summed E-state index contributed by atoms with van der Waals surface area (Å²) in [5.74, 6) is -1.17. The Hall–Kier alpha value is -3.08. The molecule has 14 N–H and O–H groups in total. The quantitative estimate of drug-likeness (QED) is 0.0233. The molecule has 1 saturated heterocycles. The van der Waals surface area contributed by atoms with E-state index in [2.05, 4.69) is 39.4 Å². The highest BCUT2D eigenvalue weighted by molar-refractivity contribution is 8.13. The highest BCUT2D eigenvalue weighted by Gasteiger charge is 2.50. The largest absolute Gasteiger partial charge is 0.481 e. The number of carbonyl (C=O) groups excluding carboxylic acids is 3. The van der Waals surface area contributed by atoms with Crippen LogP contribution in [-0.4, -0.2) is 147 Å². The summed E-state index contributed by atoms with van der Waals surface area (Å²) in [6, 6.07) is -1.06. The van der Waals surface area contributed by atoms with Crippen LogP contribution in [0.15, 0.2) is 17.6 Å². The van der Waals surface area contributed by atoms with Crippen LogP contribution in [0.25, 0.3) is 11.2 Å². The predicted octanol–water partition coefficient (Wildman–Crippen LogP) is -1.51. The summed E-state index contributed by atoms with van der Waals surface area (Å²) >= 11 is 0.810. The summed E-state index contributed by atoms with van der Waals surface area (Å²) in [4.78, 5) is 91.8. The van der Waals surface area contributed by atoms with Gasteiger partial charge in [0.25, 0.3) is 0 Å². The van der Waals surface area contributed by atoms with Gasteiger partial charge in [0.1, 0.15) is 42.4 Å². The molecule has 9 atom stereocenters. The van der Waals surface area contributed by atoms with E-state index in [1.165, 1.54) is 13.8 Å². The SMILES string of the molecule is CC(N)=NCCC(F)CC(N)C(=O)SCCNC(=O)CCNC(=O)C(O)C(C)(C)COP(=O)(O)OP(=O)(O)OCC1OC(n2cnc3c(N)ncnc32)C(O)C1OP(=O)(O)O. The zero-order chi connectivity index (χ0) is 45.9. The Bertz CT molecular complexity index is 2010. The van der Waals surface area contributed by atoms with Gasteiger partial charge in [-0.05, 0) is 13.3 Å². The molecule has 0 radical (unpaired) electrons. The molecular weight excluding hydrogens is 904 g/mol. The monoisotopic (exact) mass is 954 g/mol. The fourth-order valence-electron chi connectivity index (χ4n) is 5.26. The summed E-state index contributed by atoms with van der Waals surface area (Å²) in [5, 5.41) is 25.8. The number of aliphatic imine (C=N–C) groups is 1. The lowest BCUT2D eigenvalue weighted by Crippen LogP contribution is -2.46. The average molecular weight is 955 g/mol. The van der Waals surface area contributed by atoms with E-state index in [1.807, 2.05) is 0 Å². The van der Waals surface area contributed by atoms with E-state index in [-0.39, 0.29) is 61.6 Å². The zero-order valence-electron chi connectivity index (χ0n) is 32.8. The molecule has 2 aromatic heterocycles. The number of nitrogens with two attached hydrogens (primary N) is 3. The van der Waals surface area contributed by atoms with Crippen molar-refractivity contribution in [3.05, 3.63) is 12.7 Å². The van der Waals surface area contributed by atoms with E-state index in [0.717, 1.165) is 29.0 Å². The molecule has 3 rings (SSSR count). The van der Waals surface area contributed by atoms with Crippen LogP contribution in [0.2, 0.25) is 0 Å². The molecule has 2 amide bonds. The number of alkyl halides is 1. The van der Waals surface area contributed by atoms with Crippen LogP contribution in [0.5, 0.6) is 0 Å². The molecule has 32 heteroatoms. The van der Waals surface area contributed by atoms with Gasteiger partial charge in [-0.25, -0.2) is 33.0 Å². The first-order valence-electron chi connectivity index (χ1n) is 17.9. The number of aromatic nitrogens is 4. The van der Waals surface area contributed by atoms with E-state index in [4.69, 9.17) is 31.0 Å². The number of nitrogen functional groups attached to an aromatic ring is 1. The number of hydrogen-bond acceptors (Lipinski definition) is 20. The standard InChI is InChI=1S/C29H50FN10O17P3S/c1-15(31)34-6-4-16(30)10-17(32)28(45)61-9-8-35-19(41)5-7-36-26(44)23(43)29(2,3)12-54-60(51,52)57-59(49,50)53-11-18-22(56-58(46,47)48)21(42)27(55-18)40-14-39-20-24(33)37-13-38-25(20)40/h13-14,16-18,21-23,27,42-43H,4-12,32H2,1-3H3,(H2,31,34)(H,35,41)(H,36,44)(H,49,50)(H,51,52)(H2,33,37,38)(H2,46,47,48). The summed E-state index contributed by atoms with van der Waals surface area (Å²) in [5.41, 5.74) is 15.4. The van der Waals surface area contributed by atoms with Crippen molar-refractivity contribution >= 4 is 75.0 Å². The molecule has 27 nitrogen and oxygen atoms in total. The Balaban J connectivity index is 1.43. The van der Waals surface area contributed by atoms with Crippen molar-refractivity contribution in [2.75, 3.05) is 44.3 Å². The molecule has 346 valence electrons. The number of amidine groups is 1. The molecule has 2 aromatic rings. The van der Waals surface area contributed by atoms with Crippen molar-refractivity contribution < 1.29 is 84.9 Å². The van der Waals surface area contributed by atoms with Gasteiger partial charge < -0.3 is 62.4 Å². The number of fused-ring (bicyclic) bond motifs is 1. The maximum absolute atomic E-state index is 14.0. The van der Waals surface area contributed by atoms with Gasteiger partial charge in [-0.1, -0.05) is 25.6 Å². The second-order valence-corrected chi connectivity index (χ2v) is 19.3. The van der Waals surface area contributed by atoms with E-state index >= 15 is 0 Å². The summed E-state index contributed by atoms with van der Waals surface area (Å²) in [6.07, 6.45) is -8.63. The third kappa shape index (κ3) is 16.9. The highest BCUT2D eigenvalue weighted by Crippen LogP contribution is 2.61. The van der Waals surface area contributed by atoms with Crippen molar-refractivity contribution in [2.24, 2.45) is 21.9 Å². The van der Waals surface area contributed by atoms with Crippen molar-refractivity contribution in [1.82, 2.24) is 30.2 Å². The van der Waals surface area contributed by atoms with Crippen molar-refractivity contribution in [2.45, 2.75) is 82.9 Å². The molecule has 0 aliphatic carbocycles. The smallest absolute Gasteiger partial charge is 0.388 e. The Labute approximate surface area is 351 Å². The first kappa shape index (κ1) is 52.3. The number of aliphatic hydroxyl groups is 2. The lowest BCUT2D eigenvalue weighted by molar-refractivity contribution is -0.137. The Morgan fingerprint density at radius 3 is 2.43 bits per heavy atom. The minimum Gasteiger partial charge on any atom is -0.388 e. The highest BCUT2D eigenvalue weighted by atomic mass is 32.2. The summed E-state index contributed by atoms with van der Waals surface area (Å²) in [7, 11) is -16.5. The van der Waals surface area contributed by atoms with Crippen LogP contribution in [0.1, 0.15) is 46.3 Å². The van der Waals surface area contributed by atoms with Crippen LogP contribution >= 0.6 is 35.2 Å². The van der Waals surface area contributed by atoms with Crippen molar-refractivity contribution in [1.29, 1.82) is 0 Å². The van der Waals surface area contributed by atoms with Crippen LogP contribution in [0.4, 0.5) is 10.2 Å². The third-order valence-electron chi connectivity index (χ3n) is 8.36. The number of rotatable bonds is 25. The Morgan fingerprint density at radius 2 is 1.77 bits per heavy atom. The van der Waals surface area contributed by atoms with Crippen LogP contribution in [0.3, 0.4) is 0 Å². The maximum Gasteiger partial charge on any atom is 0.481 e. The molecule has 1 aliphatic rings. The number of halogens is 1. The van der Waals surface area contributed by atoms with Crippen molar-refractivity contribution in [3.8, 4) is 0 Å². The number of phosphoric acid groups is 3. The lowest BCUT2D eigenvalue weighted by Gasteiger charge is -2.30. The molecule has 0 spiro atoms. The molecular formula is C29H50FN10O17P3S. The maximum atomic E-state index is 14.0. The topological polar surface area (TPSA) is 428 Å². The number of carbonyl (C=O) groups is 3. The van der Waals surface area contributed by atoms with Crippen LogP contribution < -0.4 is 27.8 Å². The molecule has 0 aromatic carbocycles. The van der Waals surface area contributed by atoms with Gasteiger partial charge in [0.15, 0.2) is 17.7 Å². The lowest BCUT2D eigenvalue weighted by atomic mass is 9.87. The fraction of sp³-hybridized carbons (Fsp3) is 0.690. The predicted molar refractivity (Wildman–Crippen MR) is 211 cm³/mol. The molecule has 9 unspecified atom stereocenters. The van der Waals surface area contributed by atoms with Crippen LogP contribution in [-0.2, 0) is 50.7 Å². The number of amides is 2. The Morgan fingerprint density at radius 1 is 1.10 bits per heavy atom. The van der Waals surface area contributed by atoms with E-state index < -0.39 is 102 Å². The van der Waals surface area contributed by atoms with Gasteiger partial charge in [-0.2, -0.15) is 4.31 Å². The average Bonchev–Trinajstić information content (AvgIpc) is 3.71. The molecule has 3 heterocycles. The van der Waals surface area contributed by atoms with Gasteiger partial charge in [-0.3, -0.25) is 37.5 Å². The van der Waals surface area contributed by atoms with Gasteiger partial charge in [-0.15, -0.1) is 0 Å². The van der Waals surface area contributed by atoms with Crippen molar-refractivity contribution in [3.63, 3.8) is 0 Å².